The van der Waals surface area contributed by atoms with Gasteiger partial charge in [0.05, 0.1) is 22.2 Å². The lowest BCUT2D eigenvalue weighted by Gasteiger charge is -2.29. The first-order valence-corrected chi connectivity index (χ1v) is 13.5. The van der Waals surface area contributed by atoms with Crippen LogP contribution in [-0.4, -0.2) is 75.4 Å². The third-order valence-electron chi connectivity index (χ3n) is 5.76. The second-order valence-corrected chi connectivity index (χ2v) is 11.7. The summed E-state index contributed by atoms with van der Waals surface area (Å²) in [4.78, 5) is 22.2. The molecule has 0 bridgehead atoms. The van der Waals surface area contributed by atoms with Crippen molar-refractivity contribution in [2.75, 3.05) is 45.7 Å². The number of nitrogens with zero attached hydrogens (tertiary/aromatic N) is 4. The molecular weight excluding hydrogens is 496 g/mol. The molecule has 0 aliphatic carbocycles. The van der Waals surface area contributed by atoms with Gasteiger partial charge in [0, 0.05) is 24.7 Å². The number of hydrogen-bond donors (Lipinski definition) is 0. The van der Waals surface area contributed by atoms with Crippen LogP contribution in [0.15, 0.2) is 47.4 Å². The van der Waals surface area contributed by atoms with E-state index in [1.165, 1.54) is 34.9 Å². The van der Waals surface area contributed by atoms with Crippen LogP contribution in [0, 0.1) is 0 Å². The van der Waals surface area contributed by atoms with Gasteiger partial charge in [0.15, 0.2) is 5.13 Å². The van der Waals surface area contributed by atoms with Gasteiger partial charge in [-0.1, -0.05) is 22.9 Å². The number of benzene rings is 2. The minimum absolute atomic E-state index is 0.141. The van der Waals surface area contributed by atoms with Crippen molar-refractivity contribution in [2.24, 2.45) is 0 Å². The van der Waals surface area contributed by atoms with E-state index in [-0.39, 0.29) is 10.8 Å². The molecule has 1 aromatic heterocycles. The largest absolute Gasteiger partial charge is 0.497 e. The van der Waals surface area contributed by atoms with Gasteiger partial charge >= 0.3 is 0 Å². The van der Waals surface area contributed by atoms with Gasteiger partial charge in [-0.2, -0.15) is 4.31 Å². The lowest BCUT2D eigenvalue weighted by Crippen LogP contribution is -2.49. The average molecular weight is 523 g/mol. The molecule has 0 saturated carbocycles. The normalized spacial score (nSPS) is 16.9. The van der Waals surface area contributed by atoms with Crippen molar-refractivity contribution in [2.45, 2.75) is 23.8 Å². The van der Waals surface area contributed by atoms with E-state index in [4.69, 9.17) is 16.3 Å². The van der Waals surface area contributed by atoms with E-state index in [0.717, 1.165) is 10.2 Å². The summed E-state index contributed by atoms with van der Waals surface area (Å²) in [6, 6.07) is 10.9. The Hall–Kier alpha value is -2.24. The summed E-state index contributed by atoms with van der Waals surface area (Å²) in [5.41, 5.74) is 0.751. The lowest BCUT2D eigenvalue weighted by molar-refractivity contribution is -0.121. The molecule has 4 rings (SSSR count). The Balaban J connectivity index is 1.66. The van der Waals surface area contributed by atoms with Crippen molar-refractivity contribution in [1.82, 2.24) is 14.2 Å². The number of ether oxygens (including phenoxy) is 1. The van der Waals surface area contributed by atoms with Gasteiger partial charge in [0.1, 0.15) is 11.8 Å². The predicted octanol–water partition coefficient (Wildman–Crippen LogP) is 3.71. The predicted molar refractivity (Wildman–Crippen MR) is 135 cm³/mol. The Morgan fingerprint density at radius 2 is 1.94 bits per heavy atom. The molecule has 1 fully saturated rings. The van der Waals surface area contributed by atoms with Crippen LogP contribution in [0.25, 0.3) is 10.2 Å². The van der Waals surface area contributed by atoms with E-state index < -0.39 is 16.1 Å². The summed E-state index contributed by atoms with van der Waals surface area (Å²) in [5.74, 6) is 0.306. The number of methoxy groups -OCH3 is 1. The molecule has 11 heteroatoms. The fourth-order valence-corrected chi connectivity index (χ4v) is 6.86. The first-order valence-electron chi connectivity index (χ1n) is 10.9. The molecular formula is C23H27ClN4O4S2. The zero-order chi connectivity index (χ0) is 24.5. The Labute approximate surface area is 208 Å². The molecule has 8 nitrogen and oxygen atoms in total. The highest BCUT2D eigenvalue weighted by Gasteiger charge is 2.42. The summed E-state index contributed by atoms with van der Waals surface area (Å²) in [6.45, 7) is 1.30. The summed E-state index contributed by atoms with van der Waals surface area (Å²) < 4.78 is 34.2. The highest BCUT2D eigenvalue weighted by atomic mass is 35.5. The van der Waals surface area contributed by atoms with Crippen LogP contribution in [0.3, 0.4) is 0 Å². The molecule has 0 N–H and O–H groups in total. The number of likely N-dealkylation sites (N-methyl/N-ethyl adjacent to an activating group) is 1. The van der Waals surface area contributed by atoms with E-state index in [0.29, 0.717) is 48.4 Å². The van der Waals surface area contributed by atoms with Gasteiger partial charge in [0.2, 0.25) is 15.9 Å². The second kappa shape index (κ2) is 10.2. The van der Waals surface area contributed by atoms with Crippen LogP contribution in [-0.2, 0) is 14.8 Å². The minimum atomic E-state index is -3.85. The number of fused-ring (bicyclic) bond motifs is 1. The van der Waals surface area contributed by atoms with E-state index in [2.05, 4.69) is 4.98 Å². The molecule has 0 spiro atoms. The molecule has 2 aromatic carbocycles. The summed E-state index contributed by atoms with van der Waals surface area (Å²) >= 11 is 7.51. The molecule has 3 aromatic rings. The summed E-state index contributed by atoms with van der Waals surface area (Å²) in [7, 11) is 1.53. The van der Waals surface area contributed by atoms with Crippen molar-refractivity contribution in [3.8, 4) is 5.75 Å². The molecule has 182 valence electrons. The van der Waals surface area contributed by atoms with Gasteiger partial charge in [-0.15, -0.1) is 0 Å². The topological polar surface area (TPSA) is 83.0 Å². The number of hydrogen-bond acceptors (Lipinski definition) is 7. The zero-order valence-electron chi connectivity index (χ0n) is 19.3. The number of aromatic nitrogens is 1. The number of carbonyl (C=O) groups is 1. The van der Waals surface area contributed by atoms with Crippen LogP contribution in [0.4, 0.5) is 5.13 Å². The van der Waals surface area contributed by atoms with Gasteiger partial charge < -0.3 is 9.64 Å². The summed E-state index contributed by atoms with van der Waals surface area (Å²) in [5, 5.41) is 1.14. The molecule has 1 aliphatic rings. The molecule has 1 atom stereocenters. The molecule has 2 heterocycles. The maximum atomic E-state index is 13.8. The quantitative estimate of drug-likeness (QED) is 0.448. The first-order chi connectivity index (χ1) is 16.2. The average Bonchev–Trinajstić information content (AvgIpc) is 3.46. The van der Waals surface area contributed by atoms with Crippen LogP contribution in [0.5, 0.6) is 5.75 Å². The molecule has 1 saturated heterocycles. The minimum Gasteiger partial charge on any atom is -0.497 e. The monoisotopic (exact) mass is 522 g/mol. The highest BCUT2D eigenvalue weighted by Crippen LogP contribution is 2.34. The summed E-state index contributed by atoms with van der Waals surface area (Å²) in [6.07, 6.45) is 1.08. The van der Waals surface area contributed by atoms with E-state index >= 15 is 0 Å². The zero-order valence-corrected chi connectivity index (χ0v) is 21.7. The number of amides is 1. The molecule has 1 unspecified atom stereocenters. The standard InChI is InChI=1S/C23H27ClN4O4S2/c1-26(2)13-14-27(23-25-19-11-6-16(24)15-21(19)33-23)22(29)20-5-4-12-28(20)34(30,31)18-9-7-17(32-3)8-10-18/h6-11,15,20H,4-5,12-14H2,1-3H3. The molecule has 1 aliphatic heterocycles. The fourth-order valence-electron chi connectivity index (χ4n) is 3.94. The Morgan fingerprint density at radius 1 is 1.21 bits per heavy atom. The molecule has 34 heavy (non-hydrogen) atoms. The highest BCUT2D eigenvalue weighted by molar-refractivity contribution is 7.89. The van der Waals surface area contributed by atoms with Crippen molar-refractivity contribution < 1.29 is 17.9 Å². The van der Waals surface area contributed by atoms with Crippen molar-refractivity contribution in [3.63, 3.8) is 0 Å². The van der Waals surface area contributed by atoms with Gasteiger partial charge in [-0.05, 0) is 69.4 Å². The maximum absolute atomic E-state index is 13.8. The third kappa shape index (κ3) is 5.06. The van der Waals surface area contributed by atoms with Gasteiger partial charge in [-0.25, -0.2) is 13.4 Å². The second-order valence-electron chi connectivity index (χ2n) is 8.35. The Morgan fingerprint density at radius 3 is 2.62 bits per heavy atom. The van der Waals surface area contributed by atoms with E-state index in [1.54, 1.807) is 23.1 Å². The van der Waals surface area contributed by atoms with E-state index in [1.807, 2.05) is 31.1 Å². The molecule has 1 amide bonds. The van der Waals surface area contributed by atoms with Gasteiger partial charge in [0.25, 0.3) is 0 Å². The van der Waals surface area contributed by atoms with E-state index in [9.17, 15) is 13.2 Å². The lowest BCUT2D eigenvalue weighted by atomic mass is 10.2. The Kier molecular flexibility index (Phi) is 7.44. The number of carbonyl (C=O) groups excluding carboxylic acids is 1. The van der Waals surface area contributed by atoms with Gasteiger partial charge in [-0.3, -0.25) is 9.69 Å². The fraction of sp³-hybridized carbons (Fsp3) is 0.391. The third-order valence-corrected chi connectivity index (χ3v) is 8.96. The maximum Gasteiger partial charge on any atom is 0.247 e. The van der Waals surface area contributed by atoms with Crippen LogP contribution >= 0.6 is 22.9 Å². The van der Waals surface area contributed by atoms with Crippen molar-refractivity contribution in [3.05, 3.63) is 47.5 Å². The number of sulfonamides is 1. The SMILES string of the molecule is COc1ccc(S(=O)(=O)N2CCCC2C(=O)N(CCN(C)C)c2nc3ccc(Cl)cc3s2)cc1. The van der Waals surface area contributed by atoms with Crippen LogP contribution in [0.1, 0.15) is 12.8 Å². The molecule has 0 radical (unpaired) electrons. The van der Waals surface area contributed by atoms with Crippen LogP contribution < -0.4 is 9.64 Å². The number of rotatable bonds is 8. The number of halogens is 1. The number of thiazole rings is 1. The smallest absolute Gasteiger partial charge is 0.247 e. The Bertz CT molecular complexity index is 1280. The van der Waals surface area contributed by atoms with Crippen LogP contribution in [0.2, 0.25) is 5.02 Å². The van der Waals surface area contributed by atoms with Crippen molar-refractivity contribution >= 4 is 54.2 Å². The van der Waals surface area contributed by atoms with Crippen molar-refractivity contribution in [1.29, 1.82) is 0 Å². The number of anilines is 1. The first kappa shape index (κ1) is 24.9.